The van der Waals surface area contributed by atoms with E-state index < -0.39 is 10.0 Å². The van der Waals surface area contributed by atoms with E-state index in [-0.39, 0.29) is 18.5 Å². The SMILES string of the molecule is CS(=O)(=O)n1cccc1CNC(=O)c1ccc(NC(=O)N2Cc3cccnc3C2)cc1. The van der Waals surface area contributed by atoms with Crippen molar-refractivity contribution in [2.24, 2.45) is 0 Å². The lowest BCUT2D eigenvalue weighted by molar-refractivity contribution is 0.0950. The highest BCUT2D eigenvalue weighted by molar-refractivity contribution is 7.89. The molecule has 1 aliphatic heterocycles. The van der Waals surface area contributed by atoms with Gasteiger partial charge in [0.15, 0.2) is 0 Å². The summed E-state index contributed by atoms with van der Waals surface area (Å²) in [5.41, 5.74) is 3.35. The van der Waals surface area contributed by atoms with Crippen molar-refractivity contribution in [1.82, 2.24) is 19.2 Å². The third-order valence-corrected chi connectivity index (χ3v) is 6.02. The van der Waals surface area contributed by atoms with Crippen molar-refractivity contribution in [2.45, 2.75) is 19.6 Å². The second-order valence-electron chi connectivity index (χ2n) is 7.21. The molecule has 3 aromatic rings. The molecule has 0 saturated heterocycles. The molecule has 1 aliphatic rings. The minimum absolute atomic E-state index is 0.0704. The highest BCUT2D eigenvalue weighted by Crippen LogP contribution is 2.21. The van der Waals surface area contributed by atoms with Crippen LogP contribution < -0.4 is 10.6 Å². The smallest absolute Gasteiger partial charge is 0.322 e. The average Bonchev–Trinajstić information content (AvgIpc) is 3.39. The van der Waals surface area contributed by atoms with E-state index in [0.29, 0.717) is 30.0 Å². The minimum Gasteiger partial charge on any atom is -0.346 e. The van der Waals surface area contributed by atoms with Crippen molar-refractivity contribution in [3.8, 4) is 0 Å². The normalized spacial score (nSPS) is 13.0. The van der Waals surface area contributed by atoms with Crippen LogP contribution in [0.15, 0.2) is 60.9 Å². The van der Waals surface area contributed by atoms with Gasteiger partial charge in [0.05, 0.1) is 30.7 Å². The topological polar surface area (TPSA) is 113 Å². The summed E-state index contributed by atoms with van der Waals surface area (Å²) < 4.78 is 24.6. The first kappa shape index (κ1) is 20.6. The Labute approximate surface area is 179 Å². The molecule has 2 aromatic heterocycles. The fraction of sp³-hybridized carbons (Fsp3) is 0.190. The number of hydrogen-bond donors (Lipinski definition) is 2. The molecule has 2 N–H and O–H groups in total. The van der Waals surface area contributed by atoms with Gasteiger partial charge in [-0.2, -0.15) is 0 Å². The van der Waals surface area contributed by atoms with Crippen LogP contribution in [0.4, 0.5) is 10.5 Å². The molecule has 4 rings (SSSR count). The zero-order valence-electron chi connectivity index (χ0n) is 16.8. The van der Waals surface area contributed by atoms with Gasteiger partial charge in [-0.1, -0.05) is 6.07 Å². The quantitative estimate of drug-likeness (QED) is 0.633. The standard InChI is InChI=1S/C21H21N5O4S/c1-31(29,30)26-11-3-5-18(26)12-23-20(27)15-6-8-17(9-7-15)24-21(28)25-13-16-4-2-10-22-19(16)14-25/h2-11H,12-14H2,1H3,(H,23,27)(H,24,28). The highest BCUT2D eigenvalue weighted by Gasteiger charge is 2.24. The maximum absolute atomic E-state index is 12.5. The van der Waals surface area contributed by atoms with E-state index in [1.165, 1.54) is 6.20 Å². The van der Waals surface area contributed by atoms with Crippen LogP contribution in [0.25, 0.3) is 0 Å². The second kappa shape index (κ2) is 8.23. The van der Waals surface area contributed by atoms with E-state index in [1.54, 1.807) is 47.5 Å². The lowest BCUT2D eigenvalue weighted by Crippen LogP contribution is -2.30. The first-order valence-corrected chi connectivity index (χ1v) is 11.4. The molecular formula is C21H21N5O4S. The summed E-state index contributed by atoms with van der Waals surface area (Å²) in [6.07, 6.45) is 4.24. The molecule has 0 bridgehead atoms. The summed E-state index contributed by atoms with van der Waals surface area (Å²) in [7, 11) is -3.43. The lowest BCUT2D eigenvalue weighted by atomic mass is 10.2. The number of hydrogen-bond acceptors (Lipinski definition) is 5. The fourth-order valence-corrected chi connectivity index (χ4v) is 4.23. The monoisotopic (exact) mass is 439 g/mol. The van der Waals surface area contributed by atoms with Crippen LogP contribution in [-0.4, -0.2) is 40.5 Å². The summed E-state index contributed by atoms with van der Waals surface area (Å²) in [5.74, 6) is -0.347. The largest absolute Gasteiger partial charge is 0.346 e. The first-order valence-electron chi connectivity index (χ1n) is 9.55. The number of nitrogens with zero attached hydrogens (tertiary/aromatic N) is 3. The van der Waals surface area contributed by atoms with E-state index in [9.17, 15) is 18.0 Å². The number of pyridine rings is 1. The third kappa shape index (κ3) is 4.58. The van der Waals surface area contributed by atoms with E-state index in [0.717, 1.165) is 21.5 Å². The Kier molecular flexibility index (Phi) is 5.47. The lowest BCUT2D eigenvalue weighted by Gasteiger charge is -2.16. The van der Waals surface area contributed by atoms with Gasteiger partial charge in [-0.25, -0.2) is 17.2 Å². The van der Waals surface area contributed by atoms with Crippen molar-refractivity contribution in [2.75, 3.05) is 11.6 Å². The van der Waals surface area contributed by atoms with Gasteiger partial charge in [-0.3, -0.25) is 9.78 Å². The number of fused-ring (bicyclic) bond motifs is 1. The Hall–Kier alpha value is -3.66. The predicted molar refractivity (Wildman–Crippen MR) is 115 cm³/mol. The molecule has 9 nitrogen and oxygen atoms in total. The van der Waals surface area contributed by atoms with Gasteiger partial charge in [0.1, 0.15) is 0 Å². The first-order chi connectivity index (χ1) is 14.8. The Balaban J connectivity index is 1.34. The van der Waals surface area contributed by atoms with Gasteiger partial charge in [0.25, 0.3) is 5.91 Å². The third-order valence-electron chi connectivity index (χ3n) is 4.95. The molecule has 1 aromatic carbocycles. The maximum atomic E-state index is 12.5. The van der Waals surface area contributed by atoms with Gasteiger partial charge >= 0.3 is 6.03 Å². The number of urea groups is 1. The average molecular weight is 439 g/mol. The molecule has 0 fully saturated rings. The second-order valence-corrected chi connectivity index (χ2v) is 9.07. The Morgan fingerprint density at radius 3 is 2.55 bits per heavy atom. The maximum Gasteiger partial charge on any atom is 0.322 e. The van der Waals surface area contributed by atoms with Gasteiger partial charge < -0.3 is 15.5 Å². The van der Waals surface area contributed by atoms with Crippen LogP contribution in [0.2, 0.25) is 0 Å². The van der Waals surface area contributed by atoms with E-state index in [4.69, 9.17) is 0 Å². The van der Waals surface area contributed by atoms with E-state index in [2.05, 4.69) is 15.6 Å². The van der Waals surface area contributed by atoms with Crippen molar-refractivity contribution in [3.63, 3.8) is 0 Å². The molecule has 0 saturated carbocycles. The molecular weight excluding hydrogens is 418 g/mol. The van der Waals surface area contributed by atoms with E-state index >= 15 is 0 Å². The number of anilines is 1. The van der Waals surface area contributed by atoms with Crippen LogP contribution in [0.1, 0.15) is 27.3 Å². The molecule has 31 heavy (non-hydrogen) atoms. The highest BCUT2D eigenvalue weighted by atomic mass is 32.2. The van der Waals surface area contributed by atoms with Crippen molar-refractivity contribution in [1.29, 1.82) is 0 Å². The molecule has 10 heteroatoms. The Morgan fingerprint density at radius 1 is 1.06 bits per heavy atom. The molecule has 160 valence electrons. The predicted octanol–water partition coefficient (Wildman–Crippen LogP) is 2.17. The fourth-order valence-electron chi connectivity index (χ4n) is 3.39. The number of aromatic nitrogens is 2. The number of carbonyl (C=O) groups is 2. The molecule has 0 aliphatic carbocycles. The molecule has 0 radical (unpaired) electrons. The van der Waals surface area contributed by atoms with Gasteiger partial charge in [0.2, 0.25) is 10.0 Å². The zero-order valence-corrected chi connectivity index (χ0v) is 17.6. The molecule has 0 spiro atoms. The molecule has 0 atom stereocenters. The summed E-state index contributed by atoms with van der Waals surface area (Å²) in [5, 5.41) is 5.52. The van der Waals surface area contributed by atoms with Gasteiger partial charge in [0, 0.05) is 30.2 Å². The summed E-state index contributed by atoms with van der Waals surface area (Å²) in [6, 6.07) is 13.3. The summed E-state index contributed by atoms with van der Waals surface area (Å²) >= 11 is 0. The number of nitrogens with one attached hydrogen (secondary N) is 2. The van der Waals surface area contributed by atoms with Gasteiger partial charge in [-0.15, -0.1) is 0 Å². The van der Waals surface area contributed by atoms with Crippen LogP contribution >= 0.6 is 0 Å². The van der Waals surface area contributed by atoms with Crippen LogP contribution in [0.5, 0.6) is 0 Å². The Morgan fingerprint density at radius 2 is 1.84 bits per heavy atom. The van der Waals surface area contributed by atoms with Crippen LogP contribution in [0.3, 0.4) is 0 Å². The number of rotatable bonds is 5. The number of carbonyl (C=O) groups excluding carboxylic acids is 2. The number of amides is 3. The summed E-state index contributed by atoms with van der Waals surface area (Å²) in [4.78, 5) is 30.8. The number of benzene rings is 1. The molecule has 3 heterocycles. The van der Waals surface area contributed by atoms with Crippen LogP contribution in [-0.2, 0) is 29.7 Å². The van der Waals surface area contributed by atoms with Gasteiger partial charge in [-0.05, 0) is 48.0 Å². The molecule has 3 amide bonds. The zero-order chi connectivity index (χ0) is 22.0. The Bertz CT molecular complexity index is 1210. The molecule has 0 unspecified atom stereocenters. The minimum atomic E-state index is -3.43. The van der Waals surface area contributed by atoms with Crippen molar-refractivity contribution >= 4 is 27.6 Å². The van der Waals surface area contributed by atoms with Crippen molar-refractivity contribution < 1.29 is 18.0 Å². The van der Waals surface area contributed by atoms with Crippen LogP contribution in [0, 0.1) is 0 Å². The van der Waals surface area contributed by atoms with E-state index in [1.807, 2.05) is 12.1 Å². The summed E-state index contributed by atoms with van der Waals surface area (Å²) in [6.45, 7) is 1.03. The van der Waals surface area contributed by atoms with Crippen molar-refractivity contribution in [3.05, 3.63) is 83.4 Å².